The highest BCUT2D eigenvalue weighted by molar-refractivity contribution is 9.10. The molecule has 1 rings (SSSR count). The molecule has 15 heavy (non-hydrogen) atoms. The fourth-order valence-electron chi connectivity index (χ4n) is 2.18. The van der Waals surface area contributed by atoms with Crippen molar-refractivity contribution in [3.8, 4) is 6.07 Å². The molecule has 0 N–H and O–H groups in total. The topological polar surface area (TPSA) is 23.8 Å². The summed E-state index contributed by atoms with van der Waals surface area (Å²) in [4.78, 5) is 0. The van der Waals surface area contributed by atoms with Crippen molar-refractivity contribution in [1.29, 1.82) is 5.26 Å². The van der Waals surface area contributed by atoms with Crippen LogP contribution in [-0.4, -0.2) is 0 Å². The molecule has 0 fully saturated rings. The van der Waals surface area contributed by atoms with Crippen molar-refractivity contribution in [2.24, 2.45) is 11.8 Å². The van der Waals surface area contributed by atoms with Crippen LogP contribution in [0.15, 0.2) is 15.2 Å². The molecule has 0 amide bonds. The van der Waals surface area contributed by atoms with Gasteiger partial charge in [-0.05, 0) is 38.7 Å². The monoisotopic (exact) mass is 285 g/mol. The molecule has 0 saturated carbocycles. The summed E-state index contributed by atoms with van der Waals surface area (Å²) in [6.07, 6.45) is 0. The van der Waals surface area contributed by atoms with Crippen molar-refractivity contribution in [3.05, 3.63) is 20.8 Å². The molecule has 0 unspecified atom stereocenters. The van der Waals surface area contributed by atoms with Gasteiger partial charge in [0.05, 0.1) is 11.5 Å². The molecular formula is C12H16BrNS. The first-order valence-corrected chi connectivity index (χ1v) is 6.83. The molecule has 0 radical (unpaired) electrons. The van der Waals surface area contributed by atoms with E-state index in [-0.39, 0.29) is 5.41 Å². The van der Waals surface area contributed by atoms with E-state index >= 15 is 0 Å². The summed E-state index contributed by atoms with van der Waals surface area (Å²) in [5.41, 5.74) is 0.763. The van der Waals surface area contributed by atoms with E-state index in [4.69, 9.17) is 0 Å². The average molecular weight is 286 g/mol. The predicted octanol–water partition coefficient (Wildman–Crippen LogP) is 4.58. The van der Waals surface area contributed by atoms with Crippen LogP contribution in [-0.2, 0) is 5.41 Å². The Kier molecular flexibility index (Phi) is 3.97. The summed E-state index contributed by atoms with van der Waals surface area (Å²) in [6.45, 7) is 8.47. The zero-order valence-electron chi connectivity index (χ0n) is 9.54. The Morgan fingerprint density at radius 1 is 1.27 bits per heavy atom. The summed E-state index contributed by atoms with van der Waals surface area (Å²) in [6, 6.07) is 2.53. The van der Waals surface area contributed by atoms with Crippen molar-refractivity contribution in [3.63, 3.8) is 0 Å². The lowest BCUT2D eigenvalue weighted by atomic mass is 9.66. The third-order valence-electron chi connectivity index (χ3n) is 3.07. The Labute approximate surface area is 104 Å². The Hall–Kier alpha value is -0.330. The second-order valence-corrected chi connectivity index (χ2v) is 6.02. The van der Waals surface area contributed by atoms with Crippen molar-refractivity contribution in [2.75, 3.05) is 0 Å². The first-order valence-electron chi connectivity index (χ1n) is 5.10. The number of nitrogens with zero attached hydrogens (tertiary/aromatic N) is 1. The normalized spacial score (nSPS) is 12.1. The maximum atomic E-state index is 9.55. The zero-order chi connectivity index (χ0) is 11.6. The summed E-state index contributed by atoms with van der Waals surface area (Å²) >= 11 is 5.18. The molecule has 1 aromatic heterocycles. The van der Waals surface area contributed by atoms with E-state index in [9.17, 15) is 5.26 Å². The second kappa shape index (κ2) is 4.67. The van der Waals surface area contributed by atoms with Gasteiger partial charge in [0, 0.05) is 9.85 Å². The lowest BCUT2D eigenvalue weighted by molar-refractivity contribution is 0.294. The third kappa shape index (κ3) is 1.98. The molecule has 3 heteroatoms. The van der Waals surface area contributed by atoms with Crippen LogP contribution in [0.25, 0.3) is 0 Å². The highest BCUT2D eigenvalue weighted by Crippen LogP contribution is 2.43. The fourth-order valence-corrected chi connectivity index (χ4v) is 3.87. The highest BCUT2D eigenvalue weighted by Gasteiger charge is 2.40. The smallest absolute Gasteiger partial charge is 0.0886 e. The minimum atomic E-state index is -0.376. The molecule has 1 heterocycles. The third-order valence-corrected chi connectivity index (χ3v) is 4.77. The van der Waals surface area contributed by atoms with E-state index in [1.807, 2.05) is 5.38 Å². The van der Waals surface area contributed by atoms with Crippen LogP contribution in [0.1, 0.15) is 33.3 Å². The number of hydrogen-bond donors (Lipinski definition) is 0. The van der Waals surface area contributed by atoms with Gasteiger partial charge in [-0.2, -0.15) is 16.6 Å². The van der Waals surface area contributed by atoms with Gasteiger partial charge in [0.2, 0.25) is 0 Å². The molecule has 0 aliphatic rings. The van der Waals surface area contributed by atoms with Crippen LogP contribution >= 0.6 is 27.3 Å². The summed E-state index contributed by atoms with van der Waals surface area (Å²) in [7, 11) is 0. The summed E-state index contributed by atoms with van der Waals surface area (Å²) in [5.74, 6) is 0.627. The van der Waals surface area contributed by atoms with Crippen LogP contribution in [0.5, 0.6) is 0 Å². The van der Waals surface area contributed by atoms with Crippen molar-refractivity contribution in [1.82, 2.24) is 0 Å². The Morgan fingerprint density at radius 2 is 1.80 bits per heavy atom. The number of nitriles is 1. The van der Waals surface area contributed by atoms with Gasteiger partial charge in [0.25, 0.3) is 0 Å². The van der Waals surface area contributed by atoms with Gasteiger partial charge in [0.1, 0.15) is 0 Å². The van der Waals surface area contributed by atoms with E-state index < -0.39 is 0 Å². The number of rotatable bonds is 3. The summed E-state index contributed by atoms with van der Waals surface area (Å²) < 4.78 is 1.07. The van der Waals surface area contributed by atoms with E-state index in [2.05, 4.69) is 55.1 Å². The van der Waals surface area contributed by atoms with Crippen LogP contribution < -0.4 is 0 Å². The van der Waals surface area contributed by atoms with Gasteiger partial charge in [-0.15, -0.1) is 0 Å². The Morgan fingerprint density at radius 3 is 2.07 bits per heavy atom. The minimum Gasteiger partial charge on any atom is -0.197 e. The lowest BCUT2D eigenvalue weighted by Gasteiger charge is -2.34. The largest absolute Gasteiger partial charge is 0.197 e. The van der Waals surface area contributed by atoms with Crippen molar-refractivity contribution >= 4 is 27.3 Å². The molecule has 0 atom stereocenters. The standard InChI is InChI=1S/C12H16BrNS/c1-8(2)12(7-14,9(3)4)10-5-15-6-11(10)13/h5-6,8-9H,1-4H3. The fraction of sp³-hybridized carbons (Fsp3) is 0.583. The maximum absolute atomic E-state index is 9.55. The molecule has 0 spiro atoms. The van der Waals surface area contributed by atoms with Gasteiger partial charge in [-0.25, -0.2) is 0 Å². The number of thiophene rings is 1. The lowest BCUT2D eigenvalue weighted by Crippen LogP contribution is -2.36. The quantitative estimate of drug-likeness (QED) is 0.797. The second-order valence-electron chi connectivity index (χ2n) is 4.42. The van der Waals surface area contributed by atoms with Crippen LogP contribution in [0, 0.1) is 23.2 Å². The van der Waals surface area contributed by atoms with Gasteiger partial charge < -0.3 is 0 Å². The molecule has 0 aliphatic carbocycles. The average Bonchev–Trinajstić information content (AvgIpc) is 2.53. The molecule has 1 aromatic rings. The zero-order valence-corrected chi connectivity index (χ0v) is 11.9. The first-order chi connectivity index (χ1) is 6.96. The minimum absolute atomic E-state index is 0.313. The number of halogens is 1. The highest BCUT2D eigenvalue weighted by atomic mass is 79.9. The van der Waals surface area contributed by atoms with Crippen molar-refractivity contribution in [2.45, 2.75) is 33.1 Å². The van der Waals surface area contributed by atoms with Gasteiger partial charge in [-0.3, -0.25) is 0 Å². The van der Waals surface area contributed by atoms with Crippen LogP contribution in [0.4, 0.5) is 0 Å². The van der Waals surface area contributed by atoms with Gasteiger partial charge >= 0.3 is 0 Å². The van der Waals surface area contributed by atoms with E-state index in [1.54, 1.807) is 11.3 Å². The molecule has 82 valence electrons. The molecule has 0 aliphatic heterocycles. The first kappa shape index (κ1) is 12.7. The Bertz CT molecular complexity index is 365. The number of hydrogen-bond acceptors (Lipinski definition) is 2. The van der Waals surface area contributed by atoms with E-state index in [0.29, 0.717) is 11.8 Å². The summed E-state index contributed by atoms with van der Waals surface area (Å²) in [5, 5.41) is 13.7. The van der Waals surface area contributed by atoms with Crippen LogP contribution in [0.2, 0.25) is 0 Å². The molecule has 0 aromatic carbocycles. The van der Waals surface area contributed by atoms with Crippen LogP contribution in [0.3, 0.4) is 0 Å². The van der Waals surface area contributed by atoms with Gasteiger partial charge in [-0.1, -0.05) is 27.7 Å². The van der Waals surface area contributed by atoms with Gasteiger partial charge in [0.15, 0.2) is 0 Å². The SMILES string of the molecule is CC(C)C(C#N)(c1cscc1Br)C(C)C. The molecular weight excluding hydrogens is 270 g/mol. The maximum Gasteiger partial charge on any atom is 0.0886 e. The molecule has 0 bridgehead atoms. The molecule has 0 saturated heterocycles. The molecule has 1 nitrogen and oxygen atoms in total. The Balaban J connectivity index is 3.36. The van der Waals surface area contributed by atoms with E-state index in [0.717, 1.165) is 10.0 Å². The van der Waals surface area contributed by atoms with Crippen molar-refractivity contribution < 1.29 is 0 Å². The predicted molar refractivity (Wildman–Crippen MR) is 69.0 cm³/mol. The van der Waals surface area contributed by atoms with E-state index in [1.165, 1.54) is 0 Å².